The van der Waals surface area contributed by atoms with Crippen LogP contribution in [0.1, 0.15) is 32.0 Å². The van der Waals surface area contributed by atoms with Crippen LogP contribution in [0.3, 0.4) is 0 Å². The van der Waals surface area contributed by atoms with Gasteiger partial charge < -0.3 is 34.2 Å². The first kappa shape index (κ1) is 25.0. The Kier molecular flexibility index (Phi) is 7.96. The fraction of sp³-hybridized carbons (Fsp3) is 0.727. The molecule has 0 bridgehead atoms. The number of aromatic nitrogens is 2. The van der Waals surface area contributed by atoms with Crippen LogP contribution in [-0.4, -0.2) is 104 Å². The van der Waals surface area contributed by atoms with Crippen molar-refractivity contribution < 1.29 is 23.8 Å². The molecule has 11 heteroatoms. The number of piperazine rings is 1. The third-order valence-corrected chi connectivity index (χ3v) is 5.44. The number of nitrogens with one attached hydrogen (secondary N) is 1. The lowest BCUT2D eigenvalue weighted by molar-refractivity contribution is -0.143. The molecule has 0 radical (unpaired) electrons. The number of ether oxygens (including phenoxy) is 3. The number of carbonyl (C=O) groups is 2. The van der Waals surface area contributed by atoms with Crippen molar-refractivity contribution in [3.8, 4) is 6.01 Å². The Balaban J connectivity index is 1.89. The molecule has 0 saturated carbocycles. The van der Waals surface area contributed by atoms with Gasteiger partial charge in [-0.3, -0.25) is 0 Å². The van der Waals surface area contributed by atoms with Crippen LogP contribution in [-0.2, 0) is 27.2 Å². The van der Waals surface area contributed by atoms with Crippen molar-refractivity contribution >= 4 is 17.9 Å². The van der Waals surface area contributed by atoms with Crippen LogP contribution in [0, 0.1) is 0 Å². The molecular weight excluding hydrogens is 428 g/mol. The molecule has 1 aromatic heterocycles. The van der Waals surface area contributed by atoms with E-state index in [1.807, 2.05) is 44.7 Å². The fourth-order valence-corrected chi connectivity index (χ4v) is 3.81. The quantitative estimate of drug-likeness (QED) is 0.603. The molecule has 1 saturated heterocycles. The van der Waals surface area contributed by atoms with Gasteiger partial charge in [-0.25, -0.2) is 9.59 Å². The lowest BCUT2D eigenvalue weighted by Crippen LogP contribution is -2.59. The van der Waals surface area contributed by atoms with Crippen LogP contribution in [0.25, 0.3) is 0 Å². The topological polar surface area (TPSA) is 109 Å². The molecule has 1 aromatic rings. The van der Waals surface area contributed by atoms with Gasteiger partial charge in [-0.05, 0) is 47.8 Å². The highest BCUT2D eigenvalue weighted by Gasteiger charge is 2.39. The average Bonchev–Trinajstić information content (AvgIpc) is 2.76. The number of hydrogen-bond acceptors (Lipinski definition) is 10. The van der Waals surface area contributed by atoms with Crippen molar-refractivity contribution in [2.75, 3.05) is 65.4 Å². The van der Waals surface area contributed by atoms with Gasteiger partial charge >= 0.3 is 18.1 Å². The molecule has 1 N–H and O–H groups in total. The second-order valence-corrected chi connectivity index (χ2v) is 9.49. The van der Waals surface area contributed by atoms with Gasteiger partial charge in [0.05, 0.1) is 19.3 Å². The molecule has 0 spiro atoms. The van der Waals surface area contributed by atoms with E-state index >= 15 is 0 Å². The predicted molar refractivity (Wildman–Crippen MR) is 122 cm³/mol. The largest absolute Gasteiger partial charge is 0.467 e. The number of hydrogen-bond donors (Lipinski definition) is 1. The predicted octanol–water partition coefficient (Wildman–Crippen LogP) is 0.661. The molecule has 1 amide bonds. The molecule has 184 valence electrons. The minimum Gasteiger partial charge on any atom is -0.467 e. The molecule has 1 fully saturated rings. The van der Waals surface area contributed by atoms with Gasteiger partial charge in [0.25, 0.3) is 0 Å². The van der Waals surface area contributed by atoms with E-state index in [-0.39, 0.29) is 12.6 Å². The summed E-state index contributed by atoms with van der Waals surface area (Å²) < 4.78 is 16.4. The van der Waals surface area contributed by atoms with E-state index in [0.29, 0.717) is 32.1 Å². The summed E-state index contributed by atoms with van der Waals surface area (Å²) in [6.07, 6.45) is 0.292. The van der Waals surface area contributed by atoms with Gasteiger partial charge in [0.1, 0.15) is 24.1 Å². The molecule has 1 unspecified atom stereocenters. The lowest BCUT2D eigenvalue weighted by atomic mass is 10.0. The molecule has 1 atom stereocenters. The maximum Gasteiger partial charge on any atom is 0.410 e. The minimum atomic E-state index is -0.709. The number of carbonyl (C=O) groups excluding carboxylic acids is 2. The van der Waals surface area contributed by atoms with Gasteiger partial charge in [-0.15, -0.1) is 0 Å². The van der Waals surface area contributed by atoms with Crippen LogP contribution in [0.2, 0.25) is 0 Å². The standard InChI is InChI=1S/C22H36N6O5/c1-22(2,3)33-21(30)27-9-10-28(17(14-27)19(29)31-6)18-15-7-8-23-13-16(15)24-20(25-18)32-12-11-26(4)5/h17,23H,7-14H2,1-6H3. The average molecular weight is 465 g/mol. The van der Waals surface area contributed by atoms with Crippen LogP contribution in [0.5, 0.6) is 6.01 Å². The fourth-order valence-electron chi connectivity index (χ4n) is 3.81. The van der Waals surface area contributed by atoms with E-state index in [1.165, 1.54) is 7.11 Å². The smallest absolute Gasteiger partial charge is 0.410 e. The molecule has 0 aliphatic carbocycles. The van der Waals surface area contributed by atoms with Gasteiger partial charge in [-0.1, -0.05) is 0 Å². The maximum absolute atomic E-state index is 12.8. The molecular formula is C22H36N6O5. The maximum atomic E-state index is 12.8. The van der Waals surface area contributed by atoms with Crippen molar-refractivity contribution in [1.29, 1.82) is 0 Å². The van der Waals surface area contributed by atoms with Crippen LogP contribution in [0.4, 0.5) is 10.6 Å². The normalized spacial score (nSPS) is 18.7. The second kappa shape index (κ2) is 10.5. The molecule has 11 nitrogen and oxygen atoms in total. The summed E-state index contributed by atoms with van der Waals surface area (Å²) in [6.45, 7) is 8.99. The van der Waals surface area contributed by atoms with Gasteiger partial charge in [-0.2, -0.15) is 9.97 Å². The summed E-state index contributed by atoms with van der Waals surface area (Å²) in [5, 5.41) is 3.33. The first-order valence-electron chi connectivity index (χ1n) is 11.3. The van der Waals surface area contributed by atoms with Gasteiger partial charge in [0.2, 0.25) is 0 Å². The number of likely N-dealkylation sites (N-methyl/N-ethyl adjacent to an activating group) is 1. The molecule has 3 rings (SSSR count). The number of anilines is 1. The van der Waals surface area contributed by atoms with E-state index in [1.54, 1.807) is 4.90 Å². The molecule has 2 aliphatic heterocycles. The highest BCUT2D eigenvalue weighted by atomic mass is 16.6. The van der Waals surface area contributed by atoms with Crippen LogP contribution >= 0.6 is 0 Å². The van der Waals surface area contributed by atoms with Crippen molar-refractivity contribution in [1.82, 2.24) is 25.1 Å². The number of nitrogens with zero attached hydrogens (tertiary/aromatic N) is 5. The Morgan fingerprint density at radius 2 is 1.97 bits per heavy atom. The van der Waals surface area contributed by atoms with E-state index in [0.717, 1.165) is 30.8 Å². The summed E-state index contributed by atoms with van der Waals surface area (Å²) in [5.74, 6) is 0.236. The zero-order valence-corrected chi connectivity index (χ0v) is 20.5. The summed E-state index contributed by atoms with van der Waals surface area (Å²) >= 11 is 0. The summed E-state index contributed by atoms with van der Waals surface area (Å²) in [4.78, 5) is 40.2. The number of esters is 1. The van der Waals surface area contributed by atoms with Gasteiger partial charge in [0, 0.05) is 31.7 Å². The summed E-state index contributed by atoms with van der Waals surface area (Å²) in [5.41, 5.74) is 1.24. The Morgan fingerprint density at radius 1 is 1.21 bits per heavy atom. The Bertz CT molecular complexity index is 856. The Morgan fingerprint density at radius 3 is 2.64 bits per heavy atom. The van der Waals surface area contributed by atoms with Crippen LogP contribution in [0.15, 0.2) is 0 Å². The van der Waals surface area contributed by atoms with Crippen molar-refractivity contribution in [2.45, 2.75) is 45.4 Å². The molecule has 0 aromatic carbocycles. The van der Waals surface area contributed by atoms with E-state index in [4.69, 9.17) is 19.2 Å². The SMILES string of the molecule is COC(=O)C1CN(C(=O)OC(C)(C)C)CCN1c1nc(OCCN(C)C)nc2c1CCNC2. The van der Waals surface area contributed by atoms with E-state index in [9.17, 15) is 9.59 Å². The molecule has 33 heavy (non-hydrogen) atoms. The highest BCUT2D eigenvalue weighted by molar-refractivity contribution is 5.82. The first-order chi connectivity index (χ1) is 15.6. The number of amides is 1. The van der Waals surface area contributed by atoms with Crippen molar-refractivity contribution in [2.24, 2.45) is 0 Å². The molecule has 2 aliphatic rings. The zero-order chi connectivity index (χ0) is 24.2. The van der Waals surface area contributed by atoms with Crippen molar-refractivity contribution in [3.63, 3.8) is 0 Å². The van der Waals surface area contributed by atoms with Gasteiger partial charge in [0.15, 0.2) is 0 Å². The number of fused-ring (bicyclic) bond motifs is 1. The Hall–Kier alpha value is -2.66. The molecule has 3 heterocycles. The third kappa shape index (κ3) is 6.44. The number of rotatable bonds is 6. The third-order valence-electron chi connectivity index (χ3n) is 5.44. The zero-order valence-electron chi connectivity index (χ0n) is 20.5. The lowest BCUT2D eigenvalue weighted by Gasteiger charge is -2.41. The second-order valence-electron chi connectivity index (χ2n) is 9.49. The highest BCUT2D eigenvalue weighted by Crippen LogP contribution is 2.30. The minimum absolute atomic E-state index is 0.148. The monoisotopic (exact) mass is 464 g/mol. The van der Waals surface area contributed by atoms with E-state index in [2.05, 4.69) is 10.3 Å². The van der Waals surface area contributed by atoms with Crippen LogP contribution < -0.4 is 15.0 Å². The summed E-state index contributed by atoms with van der Waals surface area (Å²) in [6, 6.07) is -0.424. The van der Waals surface area contributed by atoms with E-state index < -0.39 is 23.7 Å². The number of methoxy groups -OCH3 is 1. The summed E-state index contributed by atoms with van der Waals surface area (Å²) in [7, 11) is 5.29. The Labute approximate surface area is 195 Å². The first-order valence-corrected chi connectivity index (χ1v) is 11.3. The van der Waals surface area contributed by atoms with Crippen molar-refractivity contribution in [3.05, 3.63) is 11.3 Å².